The van der Waals surface area contributed by atoms with Gasteiger partial charge in [0.2, 0.25) is 0 Å². The Labute approximate surface area is 91.8 Å². The third-order valence-electron chi connectivity index (χ3n) is 3.18. The molecule has 0 aromatic heterocycles. The Hall–Kier alpha value is -0.990. The molecule has 0 atom stereocenters. The minimum atomic E-state index is -0.868. The number of likely N-dealkylation sites (tertiary alicyclic amines) is 1. The summed E-state index contributed by atoms with van der Waals surface area (Å²) in [5, 5.41) is 8.51. The van der Waals surface area contributed by atoms with E-state index in [9.17, 15) is 4.79 Å². The Bertz CT molecular complexity index is 245. The van der Waals surface area contributed by atoms with Crippen molar-refractivity contribution < 1.29 is 9.90 Å². The van der Waals surface area contributed by atoms with E-state index in [1.807, 2.05) is 0 Å². The van der Waals surface area contributed by atoms with Crippen molar-refractivity contribution in [3.8, 4) is 0 Å². The summed E-state index contributed by atoms with van der Waals surface area (Å²) >= 11 is 0. The van der Waals surface area contributed by atoms with E-state index in [0.717, 1.165) is 31.8 Å². The van der Waals surface area contributed by atoms with Crippen LogP contribution in [0.5, 0.6) is 0 Å². The van der Waals surface area contributed by atoms with Crippen LogP contribution in [-0.2, 0) is 4.79 Å². The zero-order chi connectivity index (χ0) is 11.5. The SMILES string of the molecule is CC(C)(C)C1CCN(C=CC(=O)O)CC1. The highest BCUT2D eigenvalue weighted by Gasteiger charge is 2.27. The van der Waals surface area contributed by atoms with E-state index in [2.05, 4.69) is 25.7 Å². The fourth-order valence-corrected chi connectivity index (χ4v) is 2.08. The minimum Gasteiger partial charge on any atom is -0.478 e. The molecule has 0 aliphatic carbocycles. The zero-order valence-electron chi connectivity index (χ0n) is 9.86. The van der Waals surface area contributed by atoms with Gasteiger partial charge < -0.3 is 10.0 Å². The molecule has 0 saturated carbocycles. The van der Waals surface area contributed by atoms with Gasteiger partial charge >= 0.3 is 5.97 Å². The molecule has 1 aliphatic rings. The maximum Gasteiger partial charge on any atom is 0.329 e. The second kappa shape index (κ2) is 4.69. The summed E-state index contributed by atoms with van der Waals surface area (Å²) in [5.41, 5.74) is 0.378. The number of piperidine rings is 1. The molecule has 1 rings (SSSR count). The third-order valence-corrected chi connectivity index (χ3v) is 3.18. The molecule has 0 spiro atoms. The molecule has 15 heavy (non-hydrogen) atoms. The Balaban J connectivity index is 2.39. The van der Waals surface area contributed by atoms with E-state index >= 15 is 0 Å². The second-order valence-corrected chi connectivity index (χ2v) is 5.33. The summed E-state index contributed by atoms with van der Waals surface area (Å²) in [5.74, 6) is -0.111. The molecule has 0 bridgehead atoms. The molecule has 1 saturated heterocycles. The quantitative estimate of drug-likeness (QED) is 0.713. The van der Waals surface area contributed by atoms with Crippen LogP contribution in [0.15, 0.2) is 12.3 Å². The van der Waals surface area contributed by atoms with E-state index in [4.69, 9.17) is 5.11 Å². The van der Waals surface area contributed by atoms with Crippen LogP contribution in [0.2, 0.25) is 0 Å². The van der Waals surface area contributed by atoms with Crippen LogP contribution < -0.4 is 0 Å². The van der Waals surface area contributed by atoms with Gasteiger partial charge in [0.1, 0.15) is 0 Å². The summed E-state index contributed by atoms with van der Waals surface area (Å²) in [6, 6.07) is 0. The predicted octanol–water partition coefficient (Wildman–Crippen LogP) is 2.34. The van der Waals surface area contributed by atoms with Crippen molar-refractivity contribution in [3.63, 3.8) is 0 Å². The van der Waals surface area contributed by atoms with Gasteiger partial charge in [-0.15, -0.1) is 0 Å². The minimum absolute atomic E-state index is 0.378. The van der Waals surface area contributed by atoms with Gasteiger partial charge in [-0.25, -0.2) is 4.79 Å². The highest BCUT2D eigenvalue weighted by Crippen LogP contribution is 2.34. The topological polar surface area (TPSA) is 40.5 Å². The molecular formula is C12H21NO2. The maximum absolute atomic E-state index is 10.4. The highest BCUT2D eigenvalue weighted by atomic mass is 16.4. The van der Waals surface area contributed by atoms with E-state index in [0.29, 0.717) is 5.41 Å². The number of carboxylic acids is 1. The number of carbonyl (C=O) groups is 1. The average Bonchev–Trinajstić information content (AvgIpc) is 2.14. The fourth-order valence-electron chi connectivity index (χ4n) is 2.08. The van der Waals surface area contributed by atoms with Crippen molar-refractivity contribution in [1.82, 2.24) is 4.90 Å². The first-order chi connectivity index (χ1) is 6.89. The molecule has 0 aromatic carbocycles. The lowest BCUT2D eigenvalue weighted by Crippen LogP contribution is -2.35. The lowest BCUT2D eigenvalue weighted by Gasteiger charge is -2.38. The smallest absolute Gasteiger partial charge is 0.329 e. The molecule has 3 nitrogen and oxygen atoms in total. The van der Waals surface area contributed by atoms with Gasteiger partial charge in [-0.05, 0) is 24.2 Å². The number of hydrogen-bond donors (Lipinski definition) is 1. The van der Waals surface area contributed by atoms with E-state index in [1.54, 1.807) is 6.20 Å². The summed E-state index contributed by atoms with van der Waals surface area (Å²) in [6.45, 7) is 8.79. The third kappa shape index (κ3) is 3.94. The van der Waals surface area contributed by atoms with E-state index in [-0.39, 0.29) is 0 Å². The fraction of sp³-hybridized carbons (Fsp3) is 0.750. The number of carboxylic acid groups (broad SMARTS) is 1. The molecule has 1 N–H and O–H groups in total. The molecule has 1 heterocycles. The van der Waals surface area contributed by atoms with E-state index < -0.39 is 5.97 Å². The van der Waals surface area contributed by atoms with Crippen molar-refractivity contribution in [1.29, 1.82) is 0 Å². The lowest BCUT2D eigenvalue weighted by molar-refractivity contribution is -0.131. The number of nitrogens with zero attached hydrogens (tertiary/aromatic N) is 1. The van der Waals surface area contributed by atoms with Crippen LogP contribution in [0.3, 0.4) is 0 Å². The van der Waals surface area contributed by atoms with Crippen LogP contribution >= 0.6 is 0 Å². The van der Waals surface area contributed by atoms with Crippen molar-refractivity contribution in [2.75, 3.05) is 13.1 Å². The van der Waals surface area contributed by atoms with Gasteiger partial charge in [0.25, 0.3) is 0 Å². The average molecular weight is 211 g/mol. The standard InChI is InChI=1S/C12H21NO2/c1-12(2,3)10-4-7-13(8-5-10)9-6-11(14)15/h6,9-10H,4-5,7-8H2,1-3H3,(H,14,15). The van der Waals surface area contributed by atoms with Crippen LogP contribution in [-0.4, -0.2) is 29.1 Å². The summed E-state index contributed by atoms with van der Waals surface area (Å²) in [4.78, 5) is 12.4. The summed E-state index contributed by atoms with van der Waals surface area (Å²) in [6.07, 6.45) is 5.24. The number of hydrogen-bond acceptors (Lipinski definition) is 2. The van der Waals surface area contributed by atoms with Crippen LogP contribution in [0.25, 0.3) is 0 Å². The van der Waals surface area contributed by atoms with Gasteiger partial charge in [0.15, 0.2) is 0 Å². The molecule has 1 fully saturated rings. The van der Waals surface area contributed by atoms with Gasteiger partial charge in [-0.1, -0.05) is 20.8 Å². The largest absolute Gasteiger partial charge is 0.478 e. The first kappa shape index (κ1) is 12.1. The van der Waals surface area contributed by atoms with Gasteiger partial charge in [-0.3, -0.25) is 0 Å². The van der Waals surface area contributed by atoms with Gasteiger partial charge in [0.05, 0.1) is 0 Å². The molecule has 86 valence electrons. The first-order valence-corrected chi connectivity index (χ1v) is 5.55. The van der Waals surface area contributed by atoms with Crippen molar-refractivity contribution in [2.24, 2.45) is 11.3 Å². The second-order valence-electron chi connectivity index (χ2n) is 5.33. The normalized spacial score (nSPS) is 19.8. The molecule has 1 aliphatic heterocycles. The Morgan fingerprint density at radius 2 is 1.87 bits per heavy atom. The number of aliphatic carboxylic acids is 1. The molecule has 0 aromatic rings. The summed E-state index contributed by atoms with van der Waals surface area (Å²) in [7, 11) is 0. The lowest BCUT2D eigenvalue weighted by atomic mass is 9.75. The van der Waals surface area contributed by atoms with Gasteiger partial charge in [-0.2, -0.15) is 0 Å². The molecule has 0 radical (unpaired) electrons. The van der Waals surface area contributed by atoms with Crippen molar-refractivity contribution in [2.45, 2.75) is 33.6 Å². The highest BCUT2D eigenvalue weighted by molar-refractivity contribution is 5.79. The zero-order valence-corrected chi connectivity index (χ0v) is 9.86. The first-order valence-electron chi connectivity index (χ1n) is 5.55. The van der Waals surface area contributed by atoms with Crippen molar-refractivity contribution in [3.05, 3.63) is 12.3 Å². The van der Waals surface area contributed by atoms with Gasteiger partial charge in [0, 0.05) is 25.4 Å². The molecular weight excluding hydrogens is 190 g/mol. The van der Waals surface area contributed by atoms with E-state index in [1.165, 1.54) is 6.08 Å². The summed E-state index contributed by atoms with van der Waals surface area (Å²) < 4.78 is 0. The maximum atomic E-state index is 10.4. The Kier molecular flexibility index (Phi) is 3.77. The molecule has 0 amide bonds. The molecule has 3 heteroatoms. The number of rotatable bonds is 2. The monoisotopic (exact) mass is 211 g/mol. The Morgan fingerprint density at radius 1 is 1.33 bits per heavy atom. The predicted molar refractivity (Wildman–Crippen MR) is 60.5 cm³/mol. The van der Waals surface area contributed by atoms with Crippen molar-refractivity contribution >= 4 is 5.97 Å². The van der Waals surface area contributed by atoms with Crippen LogP contribution in [0.1, 0.15) is 33.6 Å². The van der Waals surface area contributed by atoms with Crippen LogP contribution in [0, 0.1) is 11.3 Å². The Morgan fingerprint density at radius 3 is 2.27 bits per heavy atom. The van der Waals surface area contributed by atoms with Crippen LogP contribution in [0.4, 0.5) is 0 Å². The molecule has 0 unspecified atom stereocenters.